The third-order valence-corrected chi connectivity index (χ3v) is 3.30. The largest absolute Gasteiger partial charge is 0.316 e. The molecular weight excluding hydrogens is 198 g/mol. The van der Waals surface area contributed by atoms with Gasteiger partial charge >= 0.3 is 0 Å². The van der Waals surface area contributed by atoms with Crippen LogP contribution < -0.4 is 5.32 Å². The maximum atomic E-state index is 5.13. The van der Waals surface area contributed by atoms with E-state index in [1.54, 1.807) is 0 Å². The molecule has 0 heterocycles. The highest BCUT2D eigenvalue weighted by molar-refractivity contribution is 7.99. The summed E-state index contributed by atoms with van der Waals surface area (Å²) in [5.41, 5.74) is 0. The molecule has 1 nitrogen and oxygen atoms in total. The predicted octanol–water partition coefficient (Wildman–Crippen LogP) is 2.09. The highest BCUT2D eigenvalue weighted by Crippen LogP contribution is 1.99. The van der Waals surface area contributed by atoms with Crippen molar-refractivity contribution in [1.82, 2.24) is 5.32 Å². The van der Waals surface area contributed by atoms with E-state index in [1.807, 2.05) is 23.5 Å². The van der Waals surface area contributed by atoms with Gasteiger partial charge < -0.3 is 5.32 Å². The Bertz CT molecular complexity index is 131. The molecule has 0 amide bonds. The minimum absolute atomic E-state index is 0.841. The normalized spacial score (nSPS) is 9.85. The Labute approximate surface area is 90.8 Å². The summed E-state index contributed by atoms with van der Waals surface area (Å²) in [4.78, 5) is 0. The first kappa shape index (κ1) is 13.2. The molecule has 0 rings (SSSR count). The minimum Gasteiger partial charge on any atom is -0.316 e. The molecule has 0 atom stereocenters. The van der Waals surface area contributed by atoms with Crippen molar-refractivity contribution < 1.29 is 0 Å². The van der Waals surface area contributed by atoms with E-state index in [9.17, 15) is 0 Å². The topological polar surface area (TPSA) is 12.0 Å². The van der Waals surface area contributed by atoms with Gasteiger partial charge in [0.2, 0.25) is 0 Å². The Morgan fingerprint density at radius 3 is 2.77 bits per heavy atom. The van der Waals surface area contributed by atoms with Crippen LogP contribution in [0.5, 0.6) is 0 Å². The maximum Gasteiger partial charge on any atom is 0.0545 e. The van der Waals surface area contributed by atoms with Gasteiger partial charge in [-0.2, -0.15) is 11.8 Å². The Hall–Kier alpha value is 0.220. The molecule has 3 heteroatoms. The fraction of sp³-hybridized carbons (Fsp3) is 0.800. The molecule has 76 valence electrons. The molecule has 0 aliphatic heterocycles. The summed E-state index contributed by atoms with van der Waals surface area (Å²) in [6.07, 6.45) is 6.41. The monoisotopic (exact) mass is 217 g/mol. The number of nitrogens with one attached hydrogen (secondary N) is 1. The van der Waals surface area contributed by atoms with Crippen LogP contribution in [-0.4, -0.2) is 36.1 Å². The van der Waals surface area contributed by atoms with E-state index < -0.39 is 0 Å². The zero-order chi connectivity index (χ0) is 9.78. The van der Waals surface area contributed by atoms with Gasteiger partial charge in [0, 0.05) is 12.3 Å². The van der Waals surface area contributed by atoms with Crippen LogP contribution in [0.4, 0.5) is 0 Å². The molecule has 0 fully saturated rings. The van der Waals surface area contributed by atoms with Crippen molar-refractivity contribution in [3.63, 3.8) is 0 Å². The maximum absolute atomic E-state index is 5.13. The zero-order valence-corrected chi connectivity index (χ0v) is 9.98. The highest BCUT2D eigenvalue weighted by Gasteiger charge is 1.88. The van der Waals surface area contributed by atoms with Crippen LogP contribution in [0.15, 0.2) is 0 Å². The standard InChI is InChI=1S/C10H19NS2/c1-3-8-13-10-7-11-6-5-9-12-4-2/h1,11H,4-10H2,2H3. The molecule has 0 aromatic carbocycles. The fourth-order valence-corrected chi connectivity index (χ4v) is 2.03. The summed E-state index contributed by atoms with van der Waals surface area (Å²) in [7, 11) is 0. The molecule has 0 aliphatic carbocycles. The SMILES string of the molecule is C#CCSCCNCCCSCC. The van der Waals surface area contributed by atoms with Crippen LogP contribution in [0.1, 0.15) is 13.3 Å². The van der Waals surface area contributed by atoms with Gasteiger partial charge in [-0.05, 0) is 24.5 Å². The lowest BCUT2D eigenvalue weighted by atomic mass is 10.5. The number of terminal acetylenes is 1. The van der Waals surface area contributed by atoms with E-state index in [0.717, 1.165) is 24.6 Å². The zero-order valence-electron chi connectivity index (χ0n) is 8.34. The van der Waals surface area contributed by atoms with Crippen LogP contribution in [0, 0.1) is 12.3 Å². The van der Waals surface area contributed by atoms with Gasteiger partial charge in [0.1, 0.15) is 0 Å². The fourth-order valence-electron chi connectivity index (χ4n) is 0.844. The van der Waals surface area contributed by atoms with Gasteiger partial charge in [-0.15, -0.1) is 18.2 Å². The van der Waals surface area contributed by atoms with E-state index in [1.165, 1.54) is 17.9 Å². The smallest absolute Gasteiger partial charge is 0.0545 e. The Morgan fingerprint density at radius 2 is 2.08 bits per heavy atom. The lowest BCUT2D eigenvalue weighted by Gasteiger charge is -2.02. The molecule has 1 N–H and O–H groups in total. The Morgan fingerprint density at radius 1 is 1.23 bits per heavy atom. The van der Waals surface area contributed by atoms with Crippen molar-refractivity contribution in [3.05, 3.63) is 0 Å². The van der Waals surface area contributed by atoms with Gasteiger partial charge in [-0.1, -0.05) is 12.8 Å². The van der Waals surface area contributed by atoms with Crippen molar-refractivity contribution in [2.24, 2.45) is 0 Å². The molecule has 0 spiro atoms. The molecule has 0 aromatic rings. The Balaban J connectivity index is 2.80. The van der Waals surface area contributed by atoms with Gasteiger partial charge in [-0.3, -0.25) is 0 Å². The second kappa shape index (κ2) is 12.2. The van der Waals surface area contributed by atoms with Crippen LogP contribution >= 0.6 is 23.5 Å². The number of rotatable bonds is 9. The first-order valence-corrected chi connectivity index (χ1v) is 7.02. The average Bonchev–Trinajstić information content (AvgIpc) is 2.16. The average molecular weight is 217 g/mol. The highest BCUT2D eigenvalue weighted by atomic mass is 32.2. The summed E-state index contributed by atoms with van der Waals surface area (Å²) in [5, 5.41) is 3.40. The van der Waals surface area contributed by atoms with Crippen molar-refractivity contribution in [2.45, 2.75) is 13.3 Å². The molecule has 0 aromatic heterocycles. The molecule has 0 saturated carbocycles. The van der Waals surface area contributed by atoms with Gasteiger partial charge in [0.15, 0.2) is 0 Å². The van der Waals surface area contributed by atoms with E-state index >= 15 is 0 Å². The lowest BCUT2D eigenvalue weighted by Crippen LogP contribution is -2.19. The van der Waals surface area contributed by atoms with Crippen molar-refractivity contribution in [1.29, 1.82) is 0 Å². The molecule has 0 saturated heterocycles. The quantitative estimate of drug-likeness (QED) is 0.469. The van der Waals surface area contributed by atoms with Crippen molar-refractivity contribution in [3.8, 4) is 12.3 Å². The van der Waals surface area contributed by atoms with Gasteiger partial charge in [-0.25, -0.2) is 0 Å². The summed E-state index contributed by atoms with van der Waals surface area (Å²) >= 11 is 3.83. The van der Waals surface area contributed by atoms with Crippen molar-refractivity contribution in [2.75, 3.05) is 36.1 Å². The first-order chi connectivity index (χ1) is 6.41. The van der Waals surface area contributed by atoms with Gasteiger partial charge in [0.05, 0.1) is 5.75 Å². The van der Waals surface area contributed by atoms with Crippen LogP contribution in [0.2, 0.25) is 0 Å². The van der Waals surface area contributed by atoms with Crippen LogP contribution in [0.25, 0.3) is 0 Å². The van der Waals surface area contributed by atoms with Crippen molar-refractivity contribution >= 4 is 23.5 Å². The van der Waals surface area contributed by atoms with E-state index in [0.29, 0.717) is 0 Å². The summed E-state index contributed by atoms with van der Waals surface area (Å²) in [5.74, 6) is 7.10. The Kier molecular flexibility index (Phi) is 12.4. The molecular formula is C10H19NS2. The summed E-state index contributed by atoms with van der Waals surface area (Å²) in [6, 6.07) is 0. The first-order valence-electron chi connectivity index (χ1n) is 4.71. The van der Waals surface area contributed by atoms with Crippen LogP contribution in [0.3, 0.4) is 0 Å². The summed E-state index contributed by atoms with van der Waals surface area (Å²) in [6.45, 7) is 4.43. The number of hydrogen-bond acceptors (Lipinski definition) is 3. The van der Waals surface area contributed by atoms with Gasteiger partial charge in [0.25, 0.3) is 0 Å². The predicted molar refractivity (Wildman–Crippen MR) is 66.6 cm³/mol. The molecule has 13 heavy (non-hydrogen) atoms. The molecule has 0 aliphatic rings. The second-order valence-corrected chi connectivity index (χ2v) is 5.06. The number of thioether (sulfide) groups is 2. The minimum atomic E-state index is 0.841. The molecule has 0 bridgehead atoms. The summed E-state index contributed by atoms with van der Waals surface area (Å²) < 4.78 is 0. The lowest BCUT2D eigenvalue weighted by molar-refractivity contribution is 0.712. The molecule has 0 radical (unpaired) electrons. The van der Waals surface area contributed by atoms with E-state index in [4.69, 9.17) is 6.42 Å². The van der Waals surface area contributed by atoms with Crippen LogP contribution in [-0.2, 0) is 0 Å². The van der Waals surface area contributed by atoms with E-state index in [2.05, 4.69) is 18.2 Å². The third-order valence-electron chi connectivity index (χ3n) is 1.45. The van der Waals surface area contributed by atoms with E-state index in [-0.39, 0.29) is 0 Å². The second-order valence-electron chi connectivity index (χ2n) is 2.56. The third kappa shape index (κ3) is 12.2. The molecule has 0 unspecified atom stereocenters. The number of hydrogen-bond donors (Lipinski definition) is 1.